The maximum Gasteiger partial charge on any atom is 0.260 e. The van der Waals surface area contributed by atoms with Crippen molar-refractivity contribution < 1.29 is 14.0 Å². The lowest BCUT2D eigenvalue weighted by Gasteiger charge is -2.13. The Kier molecular flexibility index (Phi) is 7.11. The highest BCUT2D eigenvalue weighted by atomic mass is 79.9. The van der Waals surface area contributed by atoms with Gasteiger partial charge in [-0.25, -0.2) is 9.37 Å². The number of thiazole rings is 1. The van der Waals surface area contributed by atoms with Crippen LogP contribution < -0.4 is 10.6 Å². The van der Waals surface area contributed by atoms with E-state index >= 15 is 0 Å². The highest BCUT2D eigenvalue weighted by molar-refractivity contribution is 9.10. The number of rotatable bonds is 7. The van der Waals surface area contributed by atoms with E-state index in [0.29, 0.717) is 10.8 Å². The van der Waals surface area contributed by atoms with Crippen molar-refractivity contribution in [1.82, 2.24) is 10.3 Å². The van der Waals surface area contributed by atoms with Crippen LogP contribution in [0, 0.1) is 5.82 Å². The number of hydrogen-bond acceptors (Lipinski definition) is 4. The molecule has 1 atom stereocenters. The van der Waals surface area contributed by atoms with Gasteiger partial charge in [0.25, 0.3) is 5.91 Å². The van der Waals surface area contributed by atoms with Crippen LogP contribution >= 0.6 is 27.3 Å². The molecule has 2 N–H and O–H groups in total. The third kappa shape index (κ3) is 6.20. The van der Waals surface area contributed by atoms with Crippen molar-refractivity contribution in [3.05, 3.63) is 81.0 Å². The van der Waals surface area contributed by atoms with Crippen LogP contribution in [0.15, 0.2) is 58.4 Å². The van der Waals surface area contributed by atoms with Crippen molar-refractivity contribution >= 4 is 44.2 Å². The molecule has 0 fully saturated rings. The van der Waals surface area contributed by atoms with E-state index in [1.807, 2.05) is 31.2 Å². The molecule has 0 aliphatic rings. The first-order chi connectivity index (χ1) is 13.9. The average molecular weight is 476 g/mol. The number of halogens is 2. The fraction of sp³-hybridized carbons (Fsp3) is 0.190. The van der Waals surface area contributed by atoms with Gasteiger partial charge in [-0.2, -0.15) is 0 Å². The van der Waals surface area contributed by atoms with Crippen LogP contribution in [0.4, 0.5) is 9.52 Å². The maximum atomic E-state index is 13.7. The van der Waals surface area contributed by atoms with E-state index in [4.69, 9.17) is 0 Å². The van der Waals surface area contributed by atoms with Crippen molar-refractivity contribution in [3.8, 4) is 0 Å². The molecule has 29 heavy (non-hydrogen) atoms. The quantitative estimate of drug-likeness (QED) is 0.524. The Morgan fingerprint density at radius 2 is 1.90 bits per heavy atom. The summed E-state index contributed by atoms with van der Waals surface area (Å²) >= 11 is 4.60. The van der Waals surface area contributed by atoms with Crippen LogP contribution in [0.2, 0.25) is 0 Å². The smallest absolute Gasteiger partial charge is 0.260 e. The van der Waals surface area contributed by atoms with Gasteiger partial charge in [0, 0.05) is 15.9 Å². The normalized spacial score (nSPS) is 11.7. The van der Waals surface area contributed by atoms with Gasteiger partial charge in [-0.15, -0.1) is 11.3 Å². The highest BCUT2D eigenvalue weighted by Gasteiger charge is 2.15. The Bertz CT molecular complexity index is 1010. The van der Waals surface area contributed by atoms with Crippen LogP contribution in [-0.2, 0) is 17.6 Å². The van der Waals surface area contributed by atoms with E-state index < -0.39 is 11.7 Å². The average Bonchev–Trinajstić information content (AvgIpc) is 3.10. The Labute approximate surface area is 180 Å². The maximum absolute atomic E-state index is 13.7. The molecule has 2 amide bonds. The predicted molar refractivity (Wildman–Crippen MR) is 116 cm³/mol. The van der Waals surface area contributed by atoms with Gasteiger partial charge in [0.1, 0.15) is 5.82 Å². The molecular formula is C21H19BrFN3O2S. The van der Waals surface area contributed by atoms with Crippen LogP contribution in [0.3, 0.4) is 0 Å². The zero-order chi connectivity index (χ0) is 20.8. The first-order valence-electron chi connectivity index (χ1n) is 8.95. The lowest BCUT2D eigenvalue weighted by molar-refractivity contribution is -0.121. The van der Waals surface area contributed by atoms with Crippen LogP contribution in [0.1, 0.15) is 28.5 Å². The lowest BCUT2D eigenvalue weighted by atomic mass is 10.1. The molecule has 150 valence electrons. The van der Waals surface area contributed by atoms with Gasteiger partial charge in [0.2, 0.25) is 5.91 Å². The van der Waals surface area contributed by atoms with Gasteiger partial charge in [-0.05, 0) is 43.2 Å². The standard InChI is InChI=1S/C21H19BrFN3O2S/c1-13(10-14-6-8-15(22)9-7-14)24-19(27)11-16-12-29-21(25-16)26-20(28)17-4-2-3-5-18(17)23/h2-9,12-13H,10-11H2,1H3,(H,24,27)(H,25,26,28). The number of benzene rings is 2. The summed E-state index contributed by atoms with van der Waals surface area (Å²) in [5.74, 6) is -1.32. The number of amides is 2. The van der Waals surface area contributed by atoms with Gasteiger partial charge >= 0.3 is 0 Å². The SMILES string of the molecule is CC(Cc1ccc(Br)cc1)NC(=O)Cc1csc(NC(=O)c2ccccc2F)n1. The van der Waals surface area contributed by atoms with Crippen molar-refractivity contribution in [3.63, 3.8) is 0 Å². The summed E-state index contributed by atoms with van der Waals surface area (Å²) in [4.78, 5) is 28.7. The topological polar surface area (TPSA) is 71.1 Å². The summed E-state index contributed by atoms with van der Waals surface area (Å²) in [6, 6.07) is 13.7. The van der Waals surface area contributed by atoms with Crippen molar-refractivity contribution in [2.45, 2.75) is 25.8 Å². The largest absolute Gasteiger partial charge is 0.353 e. The Balaban J connectivity index is 1.51. The zero-order valence-corrected chi connectivity index (χ0v) is 18.0. The fourth-order valence-corrected chi connectivity index (χ4v) is 3.74. The fourth-order valence-electron chi connectivity index (χ4n) is 2.77. The Morgan fingerprint density at radius 1 is 1.17 bits per heavy atom. The molecular weight excluding hydrogens is 457 g/mol. The first-order valence-corrected chi connectivity index (χ1v) is 10.6. The number of carbonyl (C=O) groups is 2. The minimum absolute atomic E-state index is 0.0254. The number of aromatic nitrogens is 1. The van der Waals surface area contributed by atoms with Crippen molar-refractivity contribution in [1.29, 1.82) is 0 Å². The number of carbonyl (C=O) groups excluding carboxylic acids is 2. The van der Waals surface area contributed by atoms with Crippen molar-refractivity contribution in [2.75, 3.05) is 5.32 Å². The van der Waals surface area contributed by atoms with E-state index in [1.54, 1.807) is 11.4 Å². The molecule has 0 saturated heterocycles. The van der Waals surface area contributed by atoms with Crippen molar-refractivity contribution in [2.24, 2.45) is 0 Å². The Hall–Kier alpha value is -2.58. The molecule has 1 heterocycles. The monoisotopic (exact) mass is 475 g/mol. The molecule has 0 spiro atoms. The van der Waals surface area contributed by atoms with E-state index in [2.05, 4.69) is 31.5 Å². The van der Waals surface area contributed by atoms with E-state index in [1.165, 1.54) is 29.5 Å². The third-order valence-electron chi connectivity index (χ3n) is 4.09. The highest BCUT2D eigenvalue weighted by Crippen LogP contribution is 2.18. The summed E-state index contributed by atoms with van der Waals surface area (Å²) in [7, 11) is 0. The molecule has 3 aromatic rings. The van der Waals surface area contributed by atoms with Gasteiger partial charge in [0.05, 0.1) is 17.7 Å². The molecule has 0 bridgehead atoms. The molecule has 3 rings (SSSR count). The van der Waals surface area contributed by atoms with Gasteiger partial charge in [-0.1, -0.05) is 40.2 Å². The number of nitrogens with zero attached hydrogens (tertiary/aromatic N) is 1. The molecule has 0 aliphatic heterocycles. The van der Waals surface area contributed by atoms with Crippen LogP contribution in [0.25, 0.3) is 0 Å². The van der Waals surface area contributed by atoms with Gasteiger partial charge in [0.15, 0.2) is 5.13 Å². The number of hydrogen-bond donors (Lipinski definition) is 2. The molecule has 8 heteroatoms. The number of anilines is 1. The van der Waals surface area contributed by atoms with Crippen LogP contribution in [0.5, 0.6) is 0 Å². The third-order valence-corrected chi connectivity index (χ3v) is 5.43. The van der Waals surface area contributed by atoms with E-state index in [0.717, 1.165) is 16.5 Å². The summed E-state index contributed by atoms with van der Waals surface area (Å²) in [5, 5.41) is 7.54. The predicted octanol–water partition coefficient (Wildman–Crippen LogP) is 4.59. The second-order valence-corrected chi connectivity index (χ2v) is 8.33. The molecule has 1 aromatic heterocycles. The minimum atomic E-state index is -0.596. The molecule has 0 aliphatic carbocycles. The molecule has 5 nitrogen and oxygen atoms in total. The first kappa shape index (κ1) is 21.1. The second-order valence-electron chi connectivity index (χ2n) is 6.55. The van der Waals surface area contributed by atoms with E-state index in [9.17, 15) is 14.0 Å². The second kappa shape index (κ2) is 9.76. The van der Waals surface area contributed by atoms with Gasteiger partial charge < -0.3 is 5.32 Å². The Morgan fingerprint density at radius 3 is 2.62 bits per heavy atom. The summed E-state index contributed by atoms with van der Waals surface area (Å²) in [5.41, 5.74) is 1.63. The summed E-state index contributed by atoms with van der Waals surface area (Å²) in [6.07, 6.45) is 0.830. The summed E-state index contributed by atoms with van der Waals surface area (Å²) < 4.78 is 14.7. The lowest BCUT2D eigenvalue weighted by Crippen LogP contribution is -2.35. The van der Waals surface area contributed by atoms with E-state index in [-0.39, 0.29) is 23.9 Å². The van der Waals surface area contributed by atoms with Gasteiger partial charge in [-0.3, -0.25) is 14.9 Å². The summed E-state index contributed by atoms with van der Waals surface area (Å²) in [6.45, 7) is 1.95. The minimum Gasteiger partial charge on any atom is -0.353 e. The molecule has 2 aromatic carbocycles. The number of nitrogens with one attached hydrogen (secondary N) is 2. The molecule has 0 saturated carbocycles. The molecule has 0 radical (unpaired) electrons. The van der Waals surface area contributed by atoms with Crippen LogP contribution in [-0.4, -0.2) is 22.8 Å². The molecule has 1 unspecified atom stereocenters. The zero-order valence-electron chi connectivity index (χ0n) is 15.6.